The molecule has 0 aromatic carbocycles. The van der Waals surface area contributed by atoms with E-state index in [4.69, 9.17) is 5.73 Å². The standard InChI is InChI=1S/C6H8N4O3/c1-4(6(7)11)9-3-2-5(8-9)10(12)13/h2-4H,1H3,(H2,7,11). The summed E-state index contributed by atoms with van der Waals surface area (Å²) in [4.78, 5) is 20.3. The van der Waals surface area contributed by atoms with E-state index in [1.165, 1.54) is 19.2 Å². The predicted molar refractivity (Wildman–Crippen MR) is 42.8 cm³/mol. The van der Waals surface area contributed by atoms with Crippen LogP contribution in [0.3, 0.4) is 0 Å². The molecule has 70 valence electrons. The fraction of sp³-hybridized carbons (Fsp3) is 0.333. The second-order valence-electron chi connectivity index (χ2n) is 2.49. The zero-order valence-electron chi connectivity index (χ0n) is 6.88. The summed E-state index contributed by atoms with van der Waals surface area (Å²) in [6, 6.07) is 0.535. The molecule has 1 unspecified atom stereocenters. The minimum atomic E-state index is -0.673. The molecule has 0 saturated heterocycles. The average molecular weight is 184 g/mol. The van der Waals surface area contributed by atoms with Gasteiger partial charge in [-0.1, -0.05) is 0 Å². The lowest BCUT2D eigenvalue weighted by Crippen LogP contribution is -2.24. The average Bonchev–Trinajstić information content (AvgIpc) is 2.50. The molecule has 1 rings (SSSR count). The van der Waals surface area contributed by atoms with Crippen molar-refractivity contribution in [1.29, 1.82) is 0 Å². The first-order valence-corrected chi connectivity index (χ1v) is 3.51. The number of carbonyl (C=O) groups is 1. The Labute approximate surface area is 73.3 Å². The van der Waals surface area contributed by atoms with Crippen molar-refractivity contribution < 1.29 is 9.72 Å². The summed E-state index contributed by atoms with van der Waals surface area (Å²) in [5, 5.41) is 13.8. The molecule has 0 radical (unpaired) electrons. The summed E-state index contributed by atoms with van der Waals surface area (Å²) in [7, 11) is 0. The second kappa shape index (κ2) is 3.21. The van der Waals surface area contributed by atoms with Crippen LogP contribution in [0.5, 0.6) is 0 Å². The van der Waals surface area contributed by atoms with Crippen molar-refractivity contribution >= 4 is 11.7 Å². The van der Waals surface area contributed by atoms with Gasteiger partial charge in [0.05, 0.1) is 17.4 Å². The van der Waals surface area contributed by atoms with Gasteiger partial charge in [-0.25, -0.2) is 0 Å². The summed E-state index contributed by atoms with van der Waals surface area (Å²) >= 11 is 0. The van der Waals surface area contributed by atoms with Crippen LogP contribution in [0, 0.1) is 10.1 Å². The molecule has 1 amide bonds. The zero-order valence-corrected chi connectivity index (χ0v) is 6.88. The lowest BCUT2D eigenvalue weighted by Gasteiger charge is -2.01. The van der Waals surface area contributed by atoms with E-state index in [0.29, 0.717) is 0 Å². The Bertz CT molecular complexity index is 345. The van der Waals surface area contributed by atoms with Crippen LogP contribution in [0.2, 0.25) is 0 Å². The van der Waals surface area contributed by atoms with Crippen LogP contribution in [-0.4, -0.2) is 20.6 Å². The SMILES string of the molecule is CC(C(N)=O)n1ccc([N+](=O)[O-])n1. The van der Waals surface area contributed by atoms with Gasteiger partial charge in [0.1, 0.15) is 6.04 Å². The molecular weight excluding hydrogens is 176 g/mol. The molecule has 7 heteroatoms. The van der Waals surface area contributed by atoms with Crippen LogP contribution >= 0.6 is 0 Å². The first-order chi connectivity index (χ1) is 6.02. The summed E-state index contributed by atoms with van der Waals surface area (Å²) in [6.45, 7) is 1.51. The number of nitro groups is 1. The Balaban J connectivity index is 2.91. The summed E-state index contributed by atoms with van der Waals surface area (Å²) < 4.78 is 1.15. The third-order valence-electron chi connectivity index (χ3n) is 1.59. The lowest BCUT2D eigenvalue weighted by atomic mass is 10.3. The van der Waals surface area contributed by atoms with Gasteiger partial charge in [0, 0.05) is 0 Å². The highest BCUT2D eigenvalue weighted by Gasteiger charge is 2.18. The van der Waals surface area contributed by atoms with E-state index >= 15 is 0 Å². The third kappa shape index (κ3) is 1.81. The van der Waals surface area contributed by atoms with Crippen molar-refractivity contribution in [2.45, 2.75) is 13.0 Å². The number of nitrogens with two attached hydrogens (primary N) is 1. The number of nitrogens with zero attached hydrogens (tertiary/aromatic N) is 3. The Morgan fingerprint density at radius 1 is 1.85 bits per heavy atom. The predicted octanol–water partition coefficient (Wildman–Crippen LogP) is -0.162. The van der Waals surface area contributed by atoms with Crippen LogP contribution in [0.1, 0.15) is 13.0 Å². The molecule has 13 heavy (non-hydrogen) atoms. The number of hydrogen-bond acceptors (Lipinski definition) is 4. The molecular formula is C6H8N4O3. The van der Waals surface area contributed by atoms with E-state index in [1.807, 2.05) is 0 Å². The van der Waals surface area contributed by atoms with Crippen LogP contribution in [-0.2, 0) is 4.79 Å². The van der Waals surface area contributed by atoms with Crippen LogP contribution in [0.15, 0.2) is 12.3 Å². The van der Waals surface area contributed by atoms with Crippen molar-refractivity contribution in [3.05, 3.63) is 22.4 Å². The van der Waals surface area contributed by atoms with Crippen LogP contribution in [0.4, 0.5) is 5.82 Å². The summed E-state index contributed by atoms with van der Waals surface area (Å²) in [6.07, 6.45) is 1.34. The molecule has 1 aromatic heterocycles. The third-order valence-corrected chi connectivity index (χ3v) is 1.59. The lowest BCUT2D eigenvalue weighted by molar-refractivity contribution is -0.389. The largest absolute Gasteiger partial charge is 0.389 e. The molecule has 2 N–H and O–H groups in total. The fourth-order valence-electron chi connectivity index (χ4n) is 0.771. The van der Waals surface area contributed by atoms with Crippen molar-refractivity contribution in [2.75, 3.05) is 0 Å². The Hall–Kier alpha value is -1.92. The van der Waals surface area contributed by atoms with Crippen molar-refractivity contribution in [2.24, 2.45) is 5.73 Å². The van der Waals surface area contributed by atoms with Crippen molar-refractivity contribution in [3.8, 4) is 0 Å². The van der Waals surface area contributed by atoms with E-state index in [-0.39, 0.29) is 5.82 Å². The number of hydrogen-bond donors (Lipinski definition) is 1. The highest BCUT2D eigenvalue weighted by molar-refractivity contribution is 5.77. The van der Waals surface area contributed by atoms with E-state index in [2.05, 4.69) is 5.10 Å². The topological polar surface area (TPSA) is 104 Å². The number of carbonyl (C=O) groups excluding carboxylic acids is 1. The van der Waals surface area contributed by atoms with Gasteiger partial charge in [-0.15, -0.1) is 0 Å². The fourth-order valence-corrected chi connectivity index (χ4v) is 0.771. The molecule has 1 aromatic rings. The van der Waals surface area contributed by atoms with Gasteiger partial charge in [-0.05, 0) is 11.8 Å². The first-order valence-electron chi connectivity index (χ1n) is 3.51. The quantitative estimate of drug-likeness (QED) is 0.520. The van der Waals surface area contributed by atoms with E-state index < -0.39 is 16.9 Å². The van der Waals surface area contributed by atoms with E-state index in [9.17, 15) is 14.9 Å². The number of rotatable bonds is 3. The summed E-state index contributed by atoms with van der Waals surface area (Å²) in [5.74, 6) is -0.883. The molecule has 0 aliphatic heterocycles. The molecule has 1 atom stereocenters. The first kappa shape index (κ1) is 9.17. The highest BCUT2D eigenvalue weighted by atomic mass is 16.6. The highest BCUT2D eigenvalue weighted by Crippen LogP contribution is 2.09. The maximum absolute atomic E-state index is 10.7. The monoisotopic (exact) mass is 184 g/mol. The zero-order chi connectivity index (χ0) is 10.0. The van der Waals surface area contributed by atoms with E-state index in [0.717, 1.165) is 4.68 Å². The maximum atomic E-state index is 10.7. The molecule has 0 fully saturated rings. The maximum Gasteiger partial charge on any atom is 0.389 e. The smallest absolute Gasteiger partial charge is 0.368 e. The van der Waals surface area contributed by atoms with Gasteiger partial charge in [0.15, 0.2) is 0 Å². The van der Waals surface area contributed by atoms with E-state index in [1.54, 1.807) is 0 Å². The van der Waals surface area contributed by atoms with Crippen LogP contribution in [0.25, 0.3) is 0 Å². The molecule has 0 aliphatic rings. The van der Waals surface area contributed by atoms with Gasteiger partial charge in [-0.2, -0.15) is 4.68 Å². The summed E-state index contributed by atoms with van der Waals surface area (Å²) in [5.41, 5.74) is 4.98. The molecule has 0 spiro atoms. The van der Waals surface area contributed by atoms with Gasteiger partial charge in [0.2, 0.25) is 5.91 Å². The van der Waals surface area contributed by atoms with Gasteiger partial charge < -0.3 is 15.8 Å². The number of primary amides is 1. The molecule has 0 aliphatic carbocycles. The van der Waals surface area contributed by atoms with Gasteiger partial charge in [0.25, 0.3) is 0 Å². The van der Waals surface area contributed by atoms with Crippen LogP contribution < -0.4 is 5.73 Å². The Kier molecular flexibility index (Phi) is 2.27. The Morgan fingerprint density at radius 2 is 2.46 bits per heavy atom. The van der Waals surface area contributed by atoms with Crippen molar-refractivity contribution in [3.63, 3.8) is 0 Å². The normalized spacial score (nSPS) is 12.4. The number of amides is 1. The second-order valence-corrected chi connectivity index (χ2v) is 2.49. The molecule has 1 heterocycles. The molecule has 0 saturated carbocycles. The van der Waals surface area contributed by atoms with Gasteiger partial charge >= 0.3 is 5.82 Å². The minimum Gasteiger partial charge on any atom is -0.368 e. The molecule has 0 bridgehead atoms. The Morgan fingerprint density at radius 3 is 2.85 bits per heavy atom. The number of aromatic nitrogens is 2. The minimum absolute atomic E-state index is 0.298. The van der Waals surface area contributed by atoms with Crippen molar-refractivity contribution in [1.82, 2.24) is 9.78 Å². The van der Waals surface area contributed by atoms with Gasteiger partial charge in [-0.3, -0.25) is 4.79 Å². The molecule has 7 nitrogen and oxygen atoms in total.